The maximum atomic E-state index is 5.82. The van der Waals surface area contributed by atoms with Crippen LogP contribution in [-0.4, -0.2) is 50.0 Å². The van der Waals surface area contributed by atoms with Crippen molar-refractivity contribution in [3.8, 4) is 22.8 Å². The summed E-state index contributed by atoms with van der Waals surface area (Å²) < 4.78 is 11.3. The van der Waals surface area contributed by atoms with Crippen LogP contribution in [0.3, 0.4) is 0 Å². The van der Waals surface area contributed by atoms with E-state index in [0.717, 1.165) is 30.1 Å². The standard InChI is InChI=1S/C28H38N2O2S/c1-5-6-14-30(2)15-9-7-8-10-20-17-24-27(19-26(20)32-4)33-16-13-22-23-18-21(31-3)11-12-25(23)29-28(22)24/h11-12,17-19,29H,5-10,13-16H2,1-4H3. The maximum Gasteiger partial charge on any atom is 0.123 e. The van der Waals surface area contributed by atoms with E-state index in [1.165, 1.54) is 83.4 Å². The molecule has 0 amide bonds. The molecule has 4 nitrogen and oxygen atoms in total. The third kappa shape index (κ3) is 5.52. The second kappa shape index (κ2) is 11.3. The molecule has 1 aliphatic rings. The summed E-state index contributed by atoms with van der Waals surface area (Å²) in [5.74, 6) is 3.01. The molecule has 0 saturated carbocycles. The predicted octanol–water partition coefficient (Wildman–Crippen LogP) is 6.95. The minimum Gasteiger partial charge on any atom is -0.497 e. The van der Waals surface area contributed by atoms with Gasteiger partial charge >= 0.3 is 0 Å². The van der Waals surface area contributed by atoms with Gasteiger partial charge in [-0.2, -0.15) is 0 Å². The number of hydrogen-bond acceptors (Lipinski definition) is 4. The third-order valence-corrected chi connectivity index (χ3v) is 7.81. The van der Waals surface area contributed by atoms with Crippen molar-refractivity contribution in [2.75, 3.05) is 40.1 Å². The molecule has 0 saturated heterocycles. The molecule has 0 bridgehead atoms. The SMILES string of the molecule is CCCCN(C)CCCCCc1cc2c(cc1OC)SCCc1c-2[nH]c2ccc(OC)cc12. The Hall–Kier alpha value is -2.11. The maximum absolute atomic E-state index is 5.82. The van der Waals surface area contributed by atoms with Gasteiger partial charge in [0.25, 0.3) is 0 Å². The number of H-pyrrole nitrogens is 1. The van der Waals surface area contributed by atoms with Crippen LogP contribution in [0.25, 0.3) is 22.2 Å². The molecule has 1 aliphatic heterocycles. The van der Waals surface area contributed by atoms with E-state index in [4.69, 9.17) is 9.47 Å². The fourth-order valence-electron chi connectivity index (χ4n) is 4.83. The first-order valence-electron chi connectivity index (χ1n) is 12.4. The van der Waals surface area contributed by atoms with Crippen molar-refractivity contribution in [1.29, 1.82) is 0 Å². The van der Waals surface area contributed by atoms with Gasteiger partial charge in [-0.1, -0.05) is 19.8 Å². The Balaban J connectivity index is 1.53. The molecule has 2 aromatic carbocycles. The van der Waals surface area contributed by atoms with Crippen molar-refractivity contribution in [2.24, 2.45) is 0 Å². The van der Waals surface area contributed by atoms with Crippen molar-refractivity contribution in [3.63, 3.8) is 0 Å². The molecule has 5 heteroatoms. The Kier molecular flexibility index (Phi) is 8.26. The Labute approximate surface area is 203 Å². The van der Waals surface area contributed by atoms with Crippen LogP contribution in [0.1, 0.15) is 50.2 Å². The number of hydrogen-bond donors (Lipinski definition) is 1. The first-order valence-corrected chi connectivity index (χ1v) is 13.3. The minimum absolute atomic E-state index is 0.914. The molecule has 1 aromatic heterocycles. The zero-order valence-corrected chi connectivity index (χ0v) is 21.4. The van der Waals surface area contributed by atoms with Crippen LogP contribution in [0.2, 0.25) is 0 Å². The summed E-state index contributed by atoms with van der Waals surface area (Å²) in [5.41, 5.74) is 6.49. The number of aromatic amines is 1. The van der Waals surface area contributed by atoms with Crippen LogP contribution in [0.4, 0.5) is 0 Å². The van der Waals surface area contributed by atoms with Gasteiger partial charge in [-0.3, -0.25) is 0 Å². The summed E-state index contributed by atoms with van der Waals surface area (Å²) >= 11 is 1.93. The summed E-state index contributed by atoms with van der Waals surface area (Å²) in [6.07, 6.45) is 8.38. The molecular weight excluding hydrogens is 428 g/mol. The van der Waals surface area contributed by atoms with E-state index >= 15 is 0 Å². The van der Waals surface area contributed by atoms with E-state index in [1.807, 2.05) is 17.8 Å². The fourth-order valence-corrected chi connectivity index (χ4v) is 5.86. The summed E-state index contributed by atoms with van der Waals surface area (Å²) in [6.45, 7) is 4.67. The highest BCUT2D eigenvalue weighted by Crippen LogP contribution is 2.43. The summed E-state index contributed by atoms with van der Waals surface area (Å²) in [5, 5.41) is 1.28. The van der Waals surface area contributed by atoms with Crippen LogP contribution in [0, 0.1) is 0 Å². The first-order chi connectivity index (χ1) is 16.1. The van der Waals surface area contributed by atoms with E-state index in [-0.39, 0.29) is 0 Å². The van der Waals surface area contributed by atoms with Gasteiger partial charge in [0.15, 0.2) is 0 Å². The average Bonchev–Trinajstić information content (AvgIpc) is 3.10. The number of aromatic nitrogens is 1. The molecule has 33 heavy (non-hydrogen) atoms. The van der Waals surface area contributed by atoms with Crippen LogP contribution in [-0.2, 0) is 12.8 Å². The van der Waals surface area contributed by atoms with Crippen molar-refractivity contribution in [3.05, 3.63) is 41.5 Å². The van der Waals surface area contributed by atoms with E-state index in [2.05, 4.69) is 48.1 Å². The molecule has 0 fully saturated rings. The first kappa shape index (κ1) is 24.0. The molecule has 0 aliphatic carbocycles. The molecular formula is C28H38N2O2S. The zero-order valence-electron chi connectivity index (χ0n) is 20.6. The van der Waals surface area contributed by atoms with Gasteiger partial charge in [-0.25, -0.2) is 0 Å². The fraction of sp³-hybridized carbons (Fsp3) is 0.500. The number of nitrogens with zero attached hydrogens (tertiary/aromatic N) is 1. The smallest absolute Gasteiger partial charge is 0.123 e. The lowest BCUT2D eigenvalue weighted by Gasteiger charge is -2.16. The quantitative estimate of drug-likeness (QED) is 0.310. The molecule has 0 atom stereocenters. The topological polar surface area (TPSA) is 37.5 Å². The summed E-state index contributed by atoms with van der Waals surface area (Å²) in [7, 11) is 5.78. The third-order valence-electron chi connectivity index (χ3n) is 6.75. The predicted molar refractivity (Wildman–Crippen MR) is 141 cm³/mol. The van der Waals surface area contributed by atoms with Crippen LogP contribution in [0.15, 0.2) is 35.2 Å². The molecule has 0 unspecified atom stereocenters. The lowest BCUT2D eigenvalue weighted by atomic mass is 9.98. The Bertz CT molecular complexity index is 1080. The van der Waals surface area contributed by atoms with Gasteiger partial charge in [0.2, 0.25) is 0 Å². The van der Waals surface area contributed by atoms with Gasteiger partial charge < -0.3 is 19.4 Å². The molecule has 4 rings (SSSR count). The number of methoxy groups -OCH3 is 2. The van der Waals surface area contributed by atoms with Gasteiger partial charge in [-0.15, -0.1) is 11.8 Å². The lowest BCUT2D eigenvalue weighted by Crippen LogP contribution is -2.20. The molecule has 1 N–H and O–H groups in total. The number of rotatable bonds is 11. The van der Waals surface area contributed by atoms with Crippen LogP contribution in [0.5, 0.6) is 11.5 Å². The lowest BCUT2D eigenvalue weighted by molar-refractivity contribution is 0.319. The van der Waals surface area contributed by atoms with E-state index in [0.29, 0.717) is 0 Å². The van der Waals surface area contributed by atoms with Gasteiger partial charge in [0.05, 0.1) is 19.9 Å². The Morgan fingerprint density at radius 2 is 1.85 bits per heavy atom. The van der Waals surface area contributed by atoms with E-state index < -0.39 is 0 Å². The van der Waals surface area contributed by atoms with Crippen molar-refractivity contribution in [2.45, 2.75) is 56.8 Å². The highest BCUT2D eigenvalue weighted by atomic mass is 32.2. The van der Waals surface area contributed by atoms with Gasteiger partial charge in [0, 0.05) is 27.1 Å². The van der Waals surface area contributed by atoms with Crippen molar-refractivity contribution >= 4 is 22.7 Å². The van der Waals surface area contributed by atoms with Crippen molar-refractivity contribution < 1.29 is 9.47 Å². The number of thioether (sulfide) groups is 1. The zero-order chi connectivity index (χ0) is 23.2. The molecule has 0 radical (unpaired) electrons. The number of benzene rings is 2. The molecule has 3 aromatic rings. The largest absolute Gasteiger partial charge is 0.497 e. The number of aryl methyl sites for hydroxylation is 2. The highest BCUT2D eigenvalue weighted by molar-refractivity contribution is 7.99. The molecule has 0 spiro atoms. The second-order valence-corrected chi connectivity index (χ2v) is 10.3. The molecule has 178 valence electrons. The Morgan fingerprint density at radius 3 is 2.64 bits per heavy atom. The Morgan fingerprint density at radius 1 is 1.00 bits per heavy atom. The van der Waals surface area contributed by atoms with Gasteiger partial charge in [-0.05, 0) is 93.7 Å². The highest BCUT2D eigenvalue weighted by Gasteiger charge is 2.22. The van der Waals surface area contributed by atoms with Gasteiger partial charge in [0.1, 0.15) is 11.5 Å². The van der Waals surface area contributed by atoms with Crippen LogP contribution >= 0.6 is 11.8 Å². The minimum atomic E-state index is 0.914. The van der Waals surface area contributed by atoms with E-state index in [1.54, 1.807) is 14.2 Å². The second-order valence-electron chi connectivity index (χ2n) is 9.12. The summed E-state index contributed by atoms with van der Waals surface area (Å²) in [6, 6.07) is 11.0. The average molecular weight is 467 g/mol. The van der Waals surface area contributed by atoms with Crippen LogP contribution < -0.4 is 9.47 Å². The normalized spacial score (nSPS) is 13.1. The number of nitrogens with one attached hydrogen (secondary N) is 1. The number of ether oxygens (including phenoxy) is 2. The van der Waals surface area contributed by atoms with Crippen molar-refractivity contribution in [1.82, 2.24) is 9.88 Å². The monoisotopic (exact) mass is 466 g/mol. The van der Waals surface area contributed by atoms with E-state index in [9.17, 15) is 0 Å². The molecule has 2 heterocycles. The summed E-state index contributed by atoms with van der Waals surface area (Å²) in [4.78, 5) is 7.50. The number of fused-ring (bicyclic) bond motifs is 5. The number of unbranched alkanes of at least 4 members (excludes halogenated alkanes) is 3.